The number of nitrogens with zero attached hydrogens (tertiary/aromatic N) is 5. The van der Waals surface area contributed by atoms with E-state index in [4.69, 9.17) is 4.98 Å². The van der Waals surface area contributed by atoms with Crippen LogP contribution in [-0.4, -0.2) is 30.2 Å². The van der Waals surface area contributed by atoms with Crippen LogP contribution in [0.3, 0.4) is 0 Å². The third kappa shape index (κ3) is 4.57. The first-order valence-electron chi connectivity index (χ1n) is 12.7. The van der Waals surface area contributed by atoms with Crippen LogP contribution in [0, 0.1) is 30.2 Å². The number of aromatic amines is 1. The molecule has 0 aliphatic heterocycles. The summed E-state index contributed by atoms with van der Waals surface area (Å²) in [5, 5.41) is 13.8. The molecule has 2 heterocycles. The normalized spacial score (nSPS) is 16.8. The highest BCUT2D eigenvalue weighted by atomic mass is 32.2. The molecule has 1 aliphatic carbocycles. The molecule has 1 atom stereocenters. The molecule has 0 spiro atoms. The van der Waals surface area contributed by atoms with Crippen LogP contribution in [-0.2, 0) is 17.6 Å². The molecule has 0 saturated carbocycles. The van der Waals surface area contributed by atoms with E-state index in [-0.39, 0.29) is 34.3 Å². The van der Waals surface area contributed by atoms with E-state index in [1.807, 2.05) is 10.6 Å². The van der Waals surface area contributed by atoms with Gasteiger partial charge in [-0.3, -0.25) is 4.57 Å². The van der Waals surface area contributed by atoms with E-state index in [2.05, 4.69) is 27.5 Å². The van der Waals surface area contributed by atoms with Crippen molar-refractivity contribution in [3.05, 3.63) is 106 Å². The second kappa shape index (κ2) is 10.2. The molecule has 2 aromatic heterocycles. The Kier molecular flexibility index (Phi) is 6.69. The Morgan fingerprint density at radius 3 is 2.40 bits per heavy atom. The Labute approximate surface area is 231 Å². The van der Waals surface area contributed by atoms with Crippen molar-refractivity contribution in [1.29, 1.82) is 0 Å². The molecular formula is C29H24F4N6S. The Morgan fingerprint density at radius 1 is 0.975 bits per heavy atom. The minimum atomic E-state index is -0.733. The summed E-state index contributed by atoms with van der Waals surface area (Å²) in [6, 6.07) is 13.5. The molecule has 40 heavy (non-hydrogen) atoms. The summed E-state index contributed by atoms with van der Waals surface area (Å²) in [4.78, 5) is 4.92. The van der Waals surface area contributed by atoms with Crippen LogP contribution in [0.1, 0.15) is 47.8 Å². The number of thioether (sulfide) groups is 1. The van der Waals surface area contributed by atoms with Crippen LogP contribution in [0.4, 0.5) is 17.6 Å². The molecule has 204 valence electrons. The van der Waals surface area contributed by atoms with Gasteiger partial charge in [0.25, 0.3) is 0 Å². The van der Waals surface area contributed by atoms with Crippen molar-refractivity contribution in [2.45, 2.75) is 49.4 Å². The van der Waals surface area contributed by atoms with Gasteiger partial charge in [0, 0.05) is 28.0 Å². The minimum Gasteiger partial charge on any atom is -0.291 e. The monoisotopic (exact) mass is 564 g/mol. The highest BCUT2D eigenvalue weighted by molar-refractivity contribution is 7.98. The molecule has 5 aromatic rings. The molecule has 0 bridgehead atoms. The van der Waals surface area contributed by atoms with E-state index in [0.717, 1.165) is 36.2 Å². The first kappa shape index (κ1) is 26.2. The van der Waals surface area contributed by atoms with Gasteiger partial charge in [-0.1, -0.05) is 23.9 Å². The number of benzene rings is 3. The van der Waals surface area contributed by atoms with Gasteiger partial charge in [0.2, 0.25) is 5.82 Å². The Hall–Kier alpha value is -3.99. The van der Waals surface area contributed by atoms with E-state index < -0.39 is 17.0 Å². The summed E-state index contributed by atoms with van der Waals surface area (Å²) in [5.74, 6) is -2.07. The standard InChI is InChI=1S/C29H24F4N6S/c1-16-12-18(5-10-22(16)31)29(2)11-3-4-25-26(29)39(20-8-6-19(30)7-9-20)28(34-25)40-15-21-23(32)13-17(14-24(21)33)27-35-37-38-36-27/h5-10,12-14H,3-4,11,15H2,1-2H3,(H,35,36,37,38). The van der Waals surface area contributed by atoms with E-state index in [0.29, 0.717) is 16.4 Å². The lowest BCUT2D eigenvalue weighted by Gasteiger charge is -2.36. The maximum atomic E-state index is 15.1. The SMILES string of the molecule is Cc1cc(C2(C)CCCc3nc(SCc4c(F)cc(-c5nn[nH]n5)cc4F)n(-c4ccc(F)cc4)c32)ccc1F. The van der Waals surface area contributed by atoms with Crippen LogP contribution in [0.5, 0.6) is 0 Å². The molecule has 1 N–H and O–H groups in total. The Morgan fingerprint density at radius 2 is 1.73 bits per heavy atom. The average molecular weight is 565 g/mol. The number of rotatable bonds is 6. The number of hydrogen-bond acceptors (Lipinski definition) is 5. The summed E-state index contributed by atoms with van der Waals surface area (Å²) < 4.78 is 60.2. The highest BCUT2D eigenvalue weighted by Crippen LogP contribution is 2.46. The number of H-pyrrole nitrogens is 1. The zero-order chi connectivity index (χ0) is 28.0. The molecule has 0 radical (unpaired) electrons. The predicted molar refractivity (Wildman–Crippen MR) is 143 cm³/mol. The molecule has 3 aromatic carbocycles. The molecular weight excluding hydrogens is 540 g/mol. The summed E-state index contributed by atoms with van der Waals surface area (Å²) >= 11 is 1.19. The maximum absolute atomic E-state index is 15.1. The van der Waals surface area contributed by atoms with Crippen LogP contribution in [0.25, 0.3) is 17.1 Å². The third-order valence-corrected chi connectivity index (χ3v) is 8.47. The van der Waals surface area contributed by atoms with Gasteiger partial charge in [0.15, 0.2) is 5.16 Å². The molecule has 0 saturated heterocycles. The smallest absolute Gasteiger partial charge is 0.204 e. The first-order chi connectivity index (χ1) is 19.2. The van der Waals surface area contributed by atoms with Gasteiger partial charge in [0.1, 0.15) is 23.3 Å². The Balaban J connectivity index is 1.44. The summed E-state index contributed by atoms with van der Waals surface area (Å²) in [6.07, 6.45) is 2.38. The predicted octanol–water partition coefficient (Wildman–Crippen LogP) is 6.85. The number of aryl methyl sites for hydroxylation is 2. The lowest BCUT2D eigenvalue weighted by atomic mass is 9.71. The third-order valence-electron chi connectivity index (χ3n) is 7.50. The van der Waals surface area contributed by atoms with Crippen molar-refractivity contribution < 1.29 is 17.6 Å². The van der Waals surface area contributed by atoms with Crippen molar-refractivity contribution in [3.63, 3.8) is 0 Å². The maximum Gasteiger partial charge on any atom is 0.204 e. The van der Waals surface area contributed by atoms with Crippen LogP contribution in [0.2, 0.25) is 0 Å². The first-order valence-corrected chi connectivity index (χ1v) is 13.7. The number of imidazole rings is 1. The zero-order valence-corrected chi connectivity index (χ0v) is 22.5. The summed E-state index contributed by atoms with van der Waals surface area (Å²) in [7, 11) is 0. The van der Waals surface area contributed by atoms with E-state index in [1.54, 1.807) is 25.1 Å². The van der Waals surface area contributed by atoms with Crippen molar-refractivity contribution in [2.75, 3.05) is 0 Å². The van der Waals surface area contributed by atoms with Gasteiger partial charge in [-0.05, 0) is 91.9 Å². The van der Waals surface area contributed by atoms with E-state index >= 15 is 8.78 Å². The molecule has 1 aliphatic rings. The molecule has 6 nitrogen and oxygen atoms in total. The molecule has 0 amide bonds. The van der Waals surface area contributed by atoms with Crippen molar-refractivity contribution in [2.24, 2.45) is 0 Å². The topological polar surface area (TPSA) is 72.3 Å². The van der Waals surface area contributed by atoms with Crippen molar-refractivity contribution in [3.8, 4) is 17.1 Å². The molecule has 6 rings (SSSR count). The van der Waals surface area contributed by atoms with Crippen LogP contribution in [0.15, 0.2) is 59.8 Å². The van der Waals surface area contributed by atoms with Crippen LogP contribution >= 0.6 is 11.8 Å². The van der Waals surface area contributed by atoms with Gasteiger partial charge < -0.3 is 0 Å². The van der Waals surface area contributed by atoms with E-state index in [1.165, 1.54) is 42.1 Å². The number of aromatic nitrogens is 6. The molecule has 0 fully saturated rings. The highest BCUT2D eigenvalue weighted by Gasteiger charge is 2.39. The van der Waals surface area contributed by atoms with Gasteiger partial charge in [0.05, 0.1) is 11.4 Å². The summed E-state index contributed by atoms with van der Waals surface area (Å²) in [6.45, 7) is 3.83. The quantitative estimate of drug-likeness (QED) is 0.180. The van der Waals surface area contributed by atoms with Gasteiger partial charge in [-0.25, -0.2) is 22.5 Å². The summed E-state index contributed by atoms with van der Waals surface area (Å²) in [5.41, 5.74) is 3.48. The number of nitrogens with one attached hydrogen (secondary N) is 1. The Bertz CT molecular complexity index is 1680. The fraction of sp³-hybridized carbons (Fsp3) is 0.241. The lowest BCUT2D eigenvalue weighted by molar-refractivity contribution is 0.441. The number of tetrazole rings is 1. The van der Waals surface area contributed by atoms with Gasteiger partial charge >= 0.3 is 0 Å². The molecule has 1 unspecified atom stereocenters. The zero-order valence-electron chi connectivity index (χ0n) is 21.7. The fourth-order valence-corrected chi connectivity index (χ4v) is 6.45. The fourth-order valence-electron chi connectivity index (χ4n) is 5.40. The number of hydrogen-bond donors (Lipinski definition) is 1. The lowest BCUT2D eigenvalue weighted by Crippen LogP contribution is -2.31. The van der Waals surface area contributed by atoms with Crippen molar-refractivity contribution >= 4 is 11.8 Å². The van der Waals surface area contributed by atoms with Crippen molar-refractivity contribution in [1.82, 2.24) is 30.2 Å². The minimum absolute atomic E-state index is 0.0341. The van der Waals surface area contributed by atoms with Gasteiger partial charge in [-0.15, -0.1) is 10.2 Å². The van der Waals surface area contributed by atoms with E-state index in [9.17, 15) is 8.78 Å². The molecule has 11 heteroatoms. The second-order valence-corrected chi connectivity index (χ2v) is 11.0. The largest absolute Gasteiger partial charge is 0.291 e. The average Bonchev–Trinajstić information content (AvgIpc) is 3.59. The number of fused-ring (bicyclic) bond motifs is 1. The van der Waals surface area contributed by atoms with Gasteiger partial charge in [-0.2, -0.15) is 5.21 Å². The number of halogens is 4. The second-order valence-electron chi connectivity index (χ2n) is 10.1. The van der Waals surface area contributed by atoms with Crippen LogP contribution < -0.4 is 0 Å².